The van der Waals surface area contributed by atoms with Crippen molar-refractivity contribution in [3.63, 3.8) is 0 Å². The lowest BCUT2D eigenvalue weighted by atomic mass is 9.97. The third-order valence-electron chi connectivity index (χ3n) is 3.51. The van der Waals surface area contributed by atoms with Gasteiger partial charge in [-0.2, -0.15) is 0 Å². The number of hydrogen-bond acceptors (Lipinski definition) is 4. The second kappa shape index (κ2) is 6.91. The number of piperidine rings is 1. The molecule has 0 aromatic carbocycles. The van der Waals surface area contributed by atoms with Gasteiger partial charge in [0, 0.05) is 13.1 Å². The van der Waals surface area contributed by atoms with Crippen LogP contribution in [0.5, 0.6) is 0 Å². The summed E-state index contributed by atoms with van der Waals surface area (Å²) in [6.07, 6.45) is 4.77. The Morgan fingerprint density at radius 3 is 2.89 bits per heavy atom. The van der Waals surface area contributed by atoms with Crippen molar-refractivity contribution in [2.45, 2.75) is 26.2 Å². The van der Waals surface area contributed by atoms with E-state index in [1.807, 2.05) is 0 Å². The molecule has 106 valence electrons. The molecular formula is C13H21ClN4O. The molecule has 0 spiro atoms. The molecule has 1 aliphatic heterocycles. The summed E-state index contributed by atoms with van der Waals surface area (Å²) < 4.78 is 0. The fourth-order valence-electron chi connectivity index (χ4n) is 2.52. The summed E-state index contributed by atoms with van der Waals surface area (Å²) >= 11 is 6.08. The van der Waals surface area contributed by atoms with Crippen molar-refractivity contribution >= 4 is 17.4 Å². The largest absolute Gasteiger partial charge is 0.355 e. The minimum atomic E-state index is -0.266. The molecule has 6 heteroatoms. The first-order chi connectivity index (χ1) is 9.22. The van der Waals surface area contributed by atoms with Crippen LogP contribution in [0.3, 0.4) is 0 Å². The van der Waals surface area contributed by atoms with Crippen molar-refractivity contribution in [1.29, 1.82) is 0 Å². The first kappa shape index (κ1) is 14.3. The van der Waals surface area contributed by atoms with Crippen molar-refractivity contribution in [2.24, 2.45) is 5.92 Å². The minimum absolute atomic E-state index is 0.199. The van der Waals surface area contributed by atoms with Crippen LogP contribution in [0.25, 0.3) is 0 Å². The molecule has 5 nitrogen and oxygen atoms in total. The van der Waals surface area contributed by atoms with Crippen molar-refractivity contribution in [3.8, 4) is 0 Å². The Labute approximate surface area is 118 Å². The maximum atomic E-state index is 11.6. The molecular weight excluding hydrogens is 264 g/mol. The third kappa shape index (κ3) is 3.70. The van der Waals surface area contributed by atoms with Crippen LogP contribution < -0.4 is 15.8 Å². The molecule has 0 saturated carbocycles. The monoisotopic (exact) mass is 284 g/mol. The summed E-state index contributed by atoms with van der Waals surface area (Å²) in [5.74, 6) is 1.26. The van der Waals surface area contributed by atoms with Gasteiger partial charge >= 0.3 is 0 Å². The topological polar surface area (TPSA) is 61.0 Å². The Morgan fingerprint density at radius 2 is 2.21 bits per heavy atom. The number of H-pyrrole nitrogens is 1. The van der Waals surface area contributed by atoms with Crippen LogP contribution in [0.4, 0.5) is 5.82 Å². The Morgan fingerprint density at radius 1 is 1.47 bits per heavy atom. The predicted molar refractivity (Wildman–Crippen MR) is 78.0 cm³/mol. The van der Waals surface area contributed by atoms with E-state index >= 15 is 0 Å². The van der Waals surface area contributed by atoms with Crippen LogP contribution in [-0.2, 0) is 0 Å². The molecule has 19 heavy (non-hydrogen) atoms. The lowest BCUT2D eigenvalue weighted by Gasteiger charge is -2.30. The second-order valence-electron chi connectivity index (χ2n) is 5.01. The van der Waals surface area contributed by atoms with Crippen LogP contribution in [0.2, 0.25) is 5.02 Å². The molecule has 0 radical (unpaired) electrons. The van der Waals surface area contributed by atoms with Gasteiger partial charge in [0.1, 0.15) is 5.02 Å². The molecule has 1 aromatic heterocycles. The van der Waals surface area contributed by atoms with Gasteiger partial charge in [-0.3, -0.25) is 4.79 Å². The van der Waals surface area contributed by atoms with E-state index in [-0.39, 0.29) is 10.6 Å². The molecule has 1 fully saturated rings. The van der Waals surface area contributed by atoms with Gasteiger partial charge in [-0.05, 0) is 38.3 Å². The fourth-order valence-corrected chi connectivity index (χ4v) is 2.75. The molecule has 0 unspecified atom stereocenters. The van der Waals surface area contributed by atoms with Crippen molar-refractivity contribution in [2.75, 3.05) is 31.1 Å². The van der Waals surface area contributed by atoms with Crippen molar-refractivity contribution in [3.05, 3.63) is 21.7 Å². The SMILES string of the molecule is CCCN(CC1CCNCC1)c1nc[nH]c(=O)c1Cl. The van der Waals surface area contributed by atoms with Crippen LogP contribution in [0, 0.1) is 5.92 Å². The summed E-state index contributed by atoms with van der Waals surface area (Å²) in [6.45, 7) is 6.06. The lowest BCUT2D eigenvalue weighted by molar-refractivity contribution is 0.372. The Hall–Kier alpha value is -1.07. The van der Waals surface area contributed by atoms with E-state index in [2.05, 4.69) is 27.1 Å². The van der Waals surface area contributed by atoms with Crippen LogP contribution in [0.1, 0.15) is 26.2 Å². The standard InChI is InChI=1S/C13H21ClN4O/c1-2-7-18(8-10-3-5-15-6-4-10)12-11(14)13(19)17-9-16-12/h9-10,15H,2-8H2,1H3,(H,16,17,19). The summed E-state index contributed by atoms with van der Waals surface area (Å²) in [5.41, 5.74) is -0.266. The van der Waals surface area contributed by atoms with E-state index < -0.39 is 0 Å². The maximum Gasteiger partial charge on any atom is 0.271 e. The minimum Gasteiger partial charge on any atom is -0.355 e. The van der Waals surface area contributed by atoms with Crippen LogP contribution in [0.15, 0.2) is 11.1 Å². The molecule has 0 amide bonds. The number of anilines is 1. The number of aromatic nitrogens is 2. The zero-order chi connectivity index (χ0) is 13.7. The highest BCUT2D eigenvalue weighted by atomic mass is 35.5. The molecule has 0 bridgehead atoms. The number of nitrogens with zero attached hydrogens (tertiary/aromatic N) is 2. The smallest absolute Gasteiger partial charge is 0.271 e. The van der Waals surface area contributed by atoms with Gasteiger partial charge in [0.05, 0.1) is 6.33 Å². The highest BCUT2D eigenvalue weighted by molar-refractivity contribution is 6.32. The number of nitrogens with one attached hydrogen (secondary N) is 2. The Bertz CT molecular complexity index is 456. The van der Waals surface area contributed by atoms with Crippen LogP contribution in [-0.4, -0.2) is 36.1 Å². The summed E-state index contributed by atoms with van der Waals surface area (Å²) in [4.78, 5) is 20.5. The first-order valence-corrected chi connectivity index (χ1v) is 7.29. The van der Waals surface area contributed by atoms with Crippen LogP contribution >= 0.6 is 11.6 Å². The molecule has 1 aliphatic rings. The van der Waals surface area contributed by atoms with Crippen molar-refractivity contribution < 1.29 is 0 Å². The van der Waals surface area contributed by atoms with E-state index in [1.54, 1.807) is 0 Å². The van der Waals surface area contributed by atoms with E-state index in [0.717, 1.165) is 32.6 Å². The highest BCUT2D eigenvalue weighted by Gasteiger charge is 2.20. The lowest BCUT2D eigenvalue weighted by Crippen LogP contribution is -2.37. The van der Waals surface area contributed by atoms with E-state index in [0.29, 0.717) is 11.7 Å². The van der Waals surface area contributed by atoms with Gasteiger partial charge in [-0.15, -0.1) is 0 Å². The normalized spacial score (nSPS) is 16.5. The summed E-state index contributed by atoms with van der Waals surface area (Å²) in [5, 5.41) is 3.56. The van der Waals surface area contributed by atoms with Crippen molar-refractivity contribution in [1.82, 2.24) is 15.3 Å². The average molecular weight is 285 g/mol. The maximum absolute atomic E-state index is 11.6. The van der Waals surface area contributed by atoms with Gasteiger partial charge in [0.15, 0.2) is 5.82 Å². The van der Waals surface area contributed by atoms with Gasteiger partial charge in [-0.25, -0.2) is 4.98 Å². The molecule has 0 aliphatic carbocycles. The highest BCUT2D eigenvalue weighted by Crippen LogP contribution is 2.22. The van der Waals surface area contributed by atoms with Gasteiger partial charge < -0.3 is 15.2 Å². The first-order valence-electron chi connectivity index (χ1n) is 6.91. The second-order valence-corrected chi connectivity index (χ2v) is 5.39. The molecule has 2 rings (SSSR count). The van der Waals surface area contributed by atoms with E-state index in [1.165, 1.54) is 19.2 Å². The summed E-state index contributed by atoms with van der Waals surface area (Å²) in [7, 11) is 0. The molecule has 1 aromatic rings. The van der Waals surface area contributed by atoms with E-state index in [4.69, 9.17) is 11.6 Å². The van der Waals surface area contributed by atoms with Gasteiger partial charge in [0.25, 0.3) is 5.56 Å². The fraction of sp³-hybridized carbons (Fsp3) is 0.692. The zero-order valence-corrected chi connectivity index (χ0v) is 12.0. The number of hydrogen-bond donors (Lipinski definition) is 2. The quantitative estimate of drug-likeness (QED) is 0.863. The molecule has 1 saturated heterocycles. The number of aromatic amines is 1. The molecule has 2 heterocycles. The molecule has 0 atom stereocenters. The van der Waals surface area contributed by atoms with Gasteiger partial charge in [0.2, 0.25) is 0 Å². The molecule has 2 N–H and O–H groups in total. The van der Waals surface area contributed by atoms with Gasteiger partial charge in [-0.1, -0.05) is 18.5 Å². The number of rotatable bonds is 5. The zero-order valence-electron chi connectivity index (χ0n) is 11.3. The third-order valence-corrected chi connectivity index (χ3v) is 3.85. The Balaban J connectivity index is 2.14. The number of halogens is 1. The summed E-state index contributed by atoms with van der Waals surface area (Å²) in [6, 6.07) is 0. The van der Waals surface area contributed by atoms with E-state index in [9.17, 15) is 4.79 Å². The average Bonchev–Trinajstić information content (AvgIpc) is 2.43. The Kier molecular flexibility index (Phi) is 5.22. The predicted octanol–water partition coefficient (Wildman–Crippen LogP) is 1.64.